The van der Waals surface area contributed by atoms with Gasteiger partial charge >= 0.3 is 6.03 Å². The van der Waals surface area contributed by atoms with Gasteiger partial charge in [-0.15, -0.1) is 11.3 Å². The van der Waals surface area contributed by atoms with Gasteiger partial charge in [-0.1, -0.05) is 39.0 Å². The van der Waals surface area contributed by atoms with E-state index in [1.54, 1.807) is 11.3 Å². The number of carbonyl (C=O) groups excluding carboxylic acids is 1. The molecule has 0 unspecified atom stereocenters. The Labute approximate surface area is 138 Å². The Kier molecular flexibility index (Phi) is 7.16. The van der Waals surface area contributed by atoms with Crippen molar-refractivity contribution in [2.24, 2.45) is 0 Å². The highest BCUT2D eigenvalue weighted by Crippen LogP contribution is 2.18. The first-order chi connectivity index (χ1) is 10.7. The van der Waals surface area contributed by atoms with Gasteiger partial charge in [0.05, 0.1) is 10.7 Å². The normalized spacial score (nSPS) is 16.8. The molecule has 4 nitrogen and oxygen atoms in total. The molecule has 1 aliphatic rings. The summed E-state index contributed by atoms with van der Waals surface area (Å²) in [4.78, 5) is 17.9. The smallest absolute Gasteiger partial charge is 0.315 e. The minimum absolute atomic E-state index is 0.0189. The van der Waals surface area contributed by atoms with Crippen LogP contribution in [0.1, 0.15) is 67.4 Å². The number of hydrogen-bond donors (Lipinski definition) is 2. The summed E-state index contributed by atoms with van der Waals surface area (Å²) in [6.45, 7) is 4.91. The van der Waals surface area contributed by atoms with Crippen LogP contribution in [0.4, 0.5) is 4.79 Å². The van der Waals surface area contributed by atoms with Crippen LogP contribution < -0.4 is 10.6 Å². The molecule has 0 atom stereocenters. The molecule has 1 aromatic heterocycles. The fraction of sp³-hybridized carbons (Fsp3) is 0.765. The molecule has 2 rings (SSSR count). The van der Waals surface area contributed by atoms with Crippen LogP contribution in [0.15, 0.2) is 0 Å². The number of urea groups is 1. The lowest BCUT2D eigenvalue weighted by Crippen LogP contribution is -2.43. The molecule has 0 saturated heterocycles. The fourth-order valence-electron chi connectivity index (χ4n) is 3.04. The van der Waals surface area contributed by atoms with Gasteiger partial charge in [0.25, 0.3) is 0 Å². The van der Waals surface area contributed by atoms with Crippen molar-refractivity contribution in [3.8, 4) is 0 Å². The summed E-state index contributed by atoms with van der Waals surface area (Å²) in [5, 5.41) is 7.24. The Bertz CT molecular complexity index is 464. The van der Waals surface area contributed by atoms with E-state index in [0.717, 1.165) is 30.7 Å². The SMILES string of the molecule is CCc1nc(CCNC(=O)NC2CCCCCCC2)sc1C. The van der Waals surface area contributed by atoms with Crippen LogP contribution in [0, 0.1) is 6.92 Å². The number of aromatic nitrogens is 1. The highest BCUT2D eigenvalue weighted by molar-refractivity contribution is 7.11. The molecule has 2 amide bonds. The highest BCUT2D eigenvalue weighted by Gasteiger charge is 2.13. The molecular formula is C17H29N3OS. The van der Waals surface area contributed by atoms with Gasteiger partial charge in [-0.05, 0) is 26.2 Å². The molecule has 22 heavy (non-hydrogen) atoms. The largest absolute Gasteiger partial charge is 0.338 e. The van der Waals surface area contributed by atoms with Crippen molar-refractivity contribution >= 4 is 17.4 Å². The van der Waals surface area contributed by atoms with Crippen LogP contribution in [0.2, 0.25) is 0 Å². The summed E-state index contributed by atoms with van der Waals surface area (Å²) in [5.74, 6) is 0. The van der Waals surface area contributed by atoms with E-state index in [-0.39, 0.29) is 6.03 Å². The molecular weight excluding hydrogens is 294 g/mol. The lowest BCUT2D eigenvalue weighted by atomic mass is 9.97. The predicted molar refractivity (Wildman–Crippen MR) is 92.6 cm³/mol. The number of aryl methyl sites for hydroxylation is 2. The van der Waals surface area contributed by atoms with Crippen molar-refractivity contribution in [1.82, 2.24) is 15.6 Å². The molecule has 1 saturated carbocycles. The van der Waals surface area contributed by atoms with E-state index in [9.17, 15) is 4.79 Å². The summed E-state index contributed by atoms with van der Waals surface area (Å²) in [5.41, 5.74) is 1.19. The molecule has 0 aliphatic heterocycles. The van der Waals surface area contributed by atoms with Crippen LogP contribution in [0.25, 0.3) is 0 Å². The quantitative estimate of drug-likeness (QED) is 0.861. The maximum absolute atomic E-state index is 12.0. The third-order valence-corrected chi connectivity index (χ3v) is 5.41. The highest BCUT2D eigenvalue weighted by atomic mass is 32.1. The zero-order valence-corrected chi connectivity index (χ0v) is 14.7. The van der Waals surface area contributed by atoms with Gasteiger partial charge in [0, 0.05) is 23.9 Å². The number of hydrogen-bond acceptors (Lipinski definition) is 3. The van der Waals surface area contributed by atoms with Gasteiger partial charge in [0.1, 0.15) is 0 Å². The molecule has 124 valence electrons. The number of carbonyl (C=O) groups is 1. The molecule has 1 fully saturated rings. The van der Waals surface area contributed by atoms with Gasteiger partial charge in [0.2, 0.25) is 0 Å². The van der Waals surface area contributed by atoms with Crippen molar-refractivity contribution in [1.29, 1.82) is 0 Å². The average Bonchev–Trinajstić information content (AvgIpc) is 2.82. The first kappa shape index (κ1) is 17.3. The summed E-state index contributed by atoms with van der Waals surface area (Å²) >= 11 is 1.75. The number of nitrogens with one attached hydrogen (secondary N) is 2. The lowest BCUT2D eigenvalue weighted by Gasteiger charge is -2.21. The second kappa shape index (κ2) is 9.13. The molecule has 1 heterocycles. The number of nitrogens with zero attached hydrogens (tertiary/aromatic N) is 1. The summed E-state index contributed by atoms with van der Waals surface area (Å²) in [7, 11) is 0. The number of thiazole rings is 1. The molecule has 0 aromatic carbocycles. The van der Waals surface area contributed by atoms with Crippen molar-refractivity contribution in [3.05, 3.63) is 15.6 Å². The van der Waals surface area contributed by atoms with E-state index in [4.69, 9.17) is 0 Å². The van der Waals surface area contributed by atoms with E-state index in [2.05, 4.69) is 29.5 Å². The summed E-state index contributed by atoms with van der Waals surface area (Å²) in [6, 6.07) is 0.337. The topological polar surface area (TPSA) is 54.0 Å². The van der Waals surface area contributed by atoms with Crippen molar-refractivity contribution in [2.75, 3.05) is 6.54 Å². The average molecular weight is 324 g/mol. The second-order valence-corrected chi connectivity index (χ2v) is 7.44. The van der Waals surface area contributed by atoms with E-state index in [0.29, 0.717) is 12.6 Å². The lowest BCUT2D eigenvalue weighted by molar-refractivity contribution is 0.234. The monoisotopic (exact) mass is 323 g/mol. The third kappa shape index (κ3) is 5.59. The molecule has 5 heteroatoms. The Hall–Kier alpha value is -1.10. The Balaban J connectivity index is 1.68. The Morgan fingerprint density at radius 2 is 1.91 bits per heavy atom. The molecule has 1 aliphatic carbocycles. The van der Waals surface area contributed by atoms with Crippen molar-refractivity contribution < 1.29 is 4.79 Å². The standard InChI is InChI=1S/C17H29N3OS/c1-3-15-13(2)22-16(20-15)11-12-18-17(21)19-14-9-7-5-4-6-8-10-14/h14H,3-12H2,1-2H3,(H2,18,19,21). The molecule has 0 radical (unpaired) electrons. The Morgan fingerprint density at radius 3 is 2.55 bits per heavy atom. The first-order valence-corrected chi connectivity index (χ1v) is 9.50. The van der Waals surface area contributed by atoms with Crippen molar-refractivity contribution in [3.63, 3.8) is 0 Å². The summed E-state index contributed by atoms with van der Waals surface area (Å²) in [6.07, 6.45) is 10.5. The van der Waals surface area contributed by atoms with Crippen LogP contribution in [-0.4, -0.2) is 23.6 Å². The van der Waals surface area contributed by atoms with Crippen LogP contribution >= 0.6 is 11.3 Å². The first-order valence-electron chi connectivity index (χ1n) is 8.68. The van der Waals surface area contributed by atoms with Gasteiger partial charge in [-0.2, -0.15) is 0 Å². The van der Waals surface area contributed by atoms with Gasteiger partial charge in [-0.3, -0.25) is 0 Å². The van der Waals surface area contributed by atoms with Crippen LogP contribution in [0.5, 0.6) is 0 Å². The molecule has 1 aromatic rings. The molecule has 2 N–H and O–H groups in total. The van der Waals surface area contributed by atoms with E-state index < -0.39 is 0 Å². The van der Waals surface area contributed by atoms with Crippen LogP contribution in [0.3, 0.4) is 0 Å². The van der Waals surface area contributed by atoms with Crippen molar-refractivity contribution in [2.45, 2.75) is 77.7 Å². The maximum Gasteiger partial charge on any atom is 0.315 e. The van der Waals surface area contributed by atoms with Gasteiger partial charge < -0.3 is 10.6 Å². The second-order valence-electron chi connectivity index (χ2n) is 6.16. The third-order valence-electron chi connectivity index (χ3n) is 4.34. The number of amides is 2. The van der Waals surface area contributed by atoms with E-state index in [1.165, 1.54) is 42.7 Å². The van der Waals surface area contributed by atoms with Crippen LogP contribution in [-0.2, 0) is 12.8 Å². The maximum atomic E-state index is 12.0. The van der Waals surface area contributed by atoms with Gasteiger partial charge in [0.15, 0.2) is 0 Å². The zero-order chi connectivity index (χ0) is 15.8. The van der Waals surface area contributed by atoms with E-state index >= 15 is 0 Å². The molecule has 0 bridgehead atoms. The minimum Gasteiger partial charge on any atom is -0.338 e. The molecule has 0 spiro atoms. The zero-order valence-electron chi connectivity index (χ0n) is 13.9. The summed E-state index contributed by atoms with van der Waals surface area (Å²) < 4.78 is 0. The Morgan fingerprint density at radius 1 is 1.23 bits per heavy atom. The predicted octanol–water partition coefficient (Wildman–Crippen LogP) is 3.97. The van der Waals surface area contributed by atoms with E-state index in [1.807, 2.05) is 0 Å². The number of rotatable bonds is 5. The van der Waals surface area contributed by atoms with Gasteiger partial charge in [-0.25, -0.2) is 9.78 Å². The fourth-order valence-corrected chi connectivity index (χ4v) is 4.06. The minimum atomic E-state index is -0.0189.